The normalized spacial score (nSPS) is 13.8. The number of allylic oxidation sites excluding steroid dienone is 4. The first kappa shape index (κ1) is 36.0. The maximum absolute atomic E-state index is 3.04. The first-order valence-electron chi connectivity index (χ1n) is 17.8. The van der Waals surface area contributed by atoms with Crippen molar-refractivity contribution in [3.8, 4) is 11.1 Å². The summed E-state index contributed by atoms with van der Waals surface area (Å²) in [7, 11) is 0. The Labute approximate surface area is 327 Å². The molecule has 0 heterocycles. The van der Waals surface area contributed by atoms with Gasteiger partial charge in [0.15, 0.2) is 0 Å². The molecule has 0 saturated carbocycles. The van der Waals surface area contributed by atoms with Crippen LogP contribution in [0.3, 0.4) is 0 Å². The van der Waals surface area contributed by atoms with Crippen LogP contribution in [0.2, 0.25) is 0 Å². The van der Waals surface area contributed by atoms with Gasteiger partial charge in [-0.25, -0.2) is 0 Å². The molecule has 52 heavy (non-hydrogen) atoms. The van der Waals surface area contributed by atoms with E-state index in [1.54, 1.807) is 12.1 Å². The van der Waals surface area contributed by atoms with Gasteiger partial charge in [-0.3, -0.25) is 0 Å². The molecular weight excluding hydrogens is 751 g/mol. The van der Waals surface area contributed by atoms with E-state index in [1.807, 2.05) is 0 Å². The monoisotopic (exact) mass is 786 g/mol. The second-order valence-corrected chi connectivity index (χ2v) is 19.9. The maximum atomic E-state index is 2.51. The first-order valence-corrected chi connectivity index (χ1v) is 21.7. The van der Waals surface area contributed by atoms with E-state index >= 15 is 0 Å². The van der Waals surface area contributed by atoms with Gasteiger partial charge in [-0.05, 0) is 0 Å². The second-order valence-electron chi connectivity index (χ2n) is 13.5. The van der Waals surface area contributed by atoms with Crippen LogP contribution in [0.5, 0.6) is 0 Å². The van der Waals surface area contributed by atoms with Crippen LogP contribution < -0.4 is 24.8 Å². The number of halogens is 2. The van der Waals surface area contributed by atoms with Gasteiger partial charge >= 0.3 is 305 Å². The van der Waals surface area contributed by atoms with E-state index in [0.717, 1.165) is 6.42 Å². The SMILES string of the molecule is C1=CC[C]([Zr+2](=[C](C(c2ccccc2)c2ccccc2)C(c2ccccc2)c2ccccc2)[CH]2c3ccccc3-c3ccc4ccccc4c32)=C1.[Cl-].[Cl-]. The van der Waals surface area contributed by atoms with Crippen molar-refractivity contribution in [3.63, 3.8) is 0 Å². The van der Waals surface area contributed by atoms with Gasteiger partial charge in [0, 0.05) is 0 Å². The predicted octanol–water partition coefficient (Wildman–Crippen LogP) is 6.22. The molecule has 0 spiro atoms. The van der Waals surface area contributed by atoms with Crippen LogP contribution >= 0.6 is 0 Å². The molecule has 0 saturated heterocycles. The van der Waals surface area contributed by atoms with Gasteiger partial charge in [-0.15, -0.1) is 0 Å². The Hall–Kier alpha value is -4.39. The van der Waals surface area contributed by atoms with Gasteiger partial charge < -0.3 is 24.8 Å². The zero-order valence-corrected chi connectivity index (χ0v) is 32.7. The van der Waals surface area contributed by atoms with Crippen molar-refractivity contribution >= 4 is 14.0 Å². The van der Waals surface area contributed by atoms with E-state index in [1.165, 1.54) is 49.7 Å². The minimum absolute atomic E-state index is 0. The van der Waals surface area contributed by atoms with Crippen molar-refractivity contribution in [3.05, 3.63) is 237 Å². The molecule has 2 aliphatic rings. The number of benzene rings is 7. The Morgan fingerprint density at radius 2 is 0.962 bits per heavy atom. The van der Waals surface area contributed by atoms with Crippen LogP contribution in [0.4, 0.5) is 0 Å². The van der Waals surface area contributed by atoms with Crippen LogP contribution in [0, 0.1) is 0 Å². The predicted molar refractivity (Wildman–Crippen MR) is 208 cm³/mol. The molecule has 0 N–H and O–H groups in total. The molecule has 252 valence electrons. The van der Waals surface area contributed by atoms with Gasteiger partial charge in [-0.2, -0.15) is 0 Å². The third-order valence-electron chi connectivity index (χ3n) is 10.7. The van der Waals surface area contributed by atoms with E-state index < -0.39 is 21.3 Å². The molecule has 2 aliphatic carbocycles. The second kappa shape index (κ2) is 16.1. The zero-order valence-electron chi connectivity index (χ0n) is 28.7. The average Bonchev–Trinajstić information content (AvgIpc) is 3.84. The maximum Gasteiger partial charge on any atom is -1.00 e. The minimum Gasteiger partial charge on any atom is -1.00 e. The standard InChI is InChI=1S/C27H22.C17H11.C5H5.2ClH.Zr/c1-5-13-22(14-6-1)26(23-15-7-2-8-16-23)21-27(24-17-9-3-10-18-24)25-19-11-4-12-20-25;1-3-7-14-12(5-1)9-10-16-15-8-4-2-6-13(15)11-17(14)16;1-2-4-5-3-1;;;/h1-20,26-27H;1-11H;1-3H,4H2;2*1H;/q;;;;;+2/p-2. The van der Waals surface area contributed by atoms with Gasteiger partial charge in [0.1, 0.15) is 0 Å². The van der Waals surface area contributed by atoms with Gasteiger partial charge in [0.25, 0.3) is 0 Å². The third kappa shape index (κ3) is 6.56. The summed E-state index contributed by atoms with van der Waals surface area (Å²) in [4.78, 5) is 0. The van der Waals surface area contributed by atoms with Crippen LogP contribution in [0.25, 0.3) is 21.9 Å². The van der Waals surface area contributed by atoms with E-state index in [2.05, 4.69) is 200 Å². The van der Waals surface area contributed by atoms with Crippen molar-refractivity contribution in [1.82, 2.24) is 0 Å². The first-order chi connectivity index (χ1) is 24.9. The number of hydrogen-bond acceptors (Lipinski definition) is 0. The van der Waals surface area contributed by atoms with Crippen molar-refractivity contribution in [2.45, 2.75) is 21.9 Å². The number of fused-ring (bicyclic) bond motifs is 5. The molecule has 0 fully saturated rings. The zero-order chi connectivity index (χ0) is 33.3. The van der Waals surface area contributed by atoms with Crippen molar-refractivity contribution < 1.29 is 46.1 Å². The third-order valence-corrected chi connectivity index (χ3v) is 19.1. The molecule has 1 unspecified atom stereocenters. The molecule has 9 rings (SSSR count). The minimum atomic E-state index is -3.04. The smallest absolute Gasteiger partial charge is 1.00 e. The molecule has 3 heteroatoms. The van der Waals surface area contributed by atoms with E-state index in [4.69, 9.17) is 0 Å². The number of rotatable bonds is 8. The van der Waals surface area contributed by atoms with Gasteiger partial charge in [0.05, 0.1) is 0 Å². The van der Waals surface area contributed by atoms with Crippen LogP contribution in [0.1, 0.15) is 55.3 Å². The molecule has 7 aromatic rings. The quantitative estimate of drug-likeness (QED) is 0.172. The summed E-state index contributed by atoms with van der Waals surface area (Å²) < 4.78 is 3.73. The Bertz CT molecular complexity index is 2230. The molecule has 0 radical (unpaired) electrons. The fraction of sp³-hybridized carbons (Fsp3) is 0.0816. The van der Waals surface area contributed by atoms with Gasteiger partial charge in [-0.1, -0.05) is 0 Å². The number of hydrogen-bond donors (Lipinski definition) is 0. The van der Waals surface area contributed by atoms with Crippen LogP contribution in [-0.4, -0.2) is 3.21 Å². The largest absolute Gasteiger partial charge is 1.00 e. The van der Waals surface area contributed by atoms with E-state index in [9.17, 15) is 0 Å². The molecule has 1 atom stereocenters. The van der Waals surface area contributed by atoms with E-state index in [-0.39, 0.29) is 36.6 Å². The molecule has 0 bridgehead atoms. The Kier molecular flexibility index (Phi) is 11.1. The average molecular weight is 789 g/mol. The molecule has 0 amide bonds. The van der Waals surface area contributed by atoms with Crippen LogP contribution in [0.15, 0.2) is 204 Å². The summed E-state index contributed by atoms with van der Waals surface area (Å²) in [6.07, 6.45) is 8.28. The summed E-state index contributed by atoms with van der Waals surface area (Å²) in [5, 5.41) is 2.74. The van der Waals surface area contributed by atoms with Crippen molar-refractivity contribution in [2.75, 3.05) is 0 Å². The van der Waals surface area contributed by atoms with Gasteiger partial charge in [0.2, 0.25) is 0 Å². The summed E-state index contributed by atoms with van der Waals surface area (Å²) in [6, 6.07) is 68.7. The fourth-order valence-electron chi connectivity index (χ4n) is 8.64. The fourth-order valence-corrected chi connectivity index (χ4v) is 18.8. The molecular formula is C49H38Cl2Zr. The Morgan fingerprint density at radius 3 is 1.48 bits per heavy atom. The molecule has 0 nitrogen and oxygen atoms in total. The van der Waals surface area contributed by atoms with Crippen molar-refractivity contribution in [1.29, 1.82) is 0 Å². The summed E-state index contributed by atoms with van der Waals surface area (Å²) >= 11 is -3.04. The van der Waals surface area contributed by atoms with E-state index in [0.29, 0.717) is 3.63 Å². The Balaban J connectivity index is 0.00000210. The van der Waals surface area contributed by atoms with Crippen molar-refractivity contribution in [2.24, 2.45) is 0 Å². The molecule has 0 aromatic heterocycles. The molecule has 0 aliphatic heterocycles. The summed E-state index contributed by atoms with van der Waals surface area (Å²) in [5.74, 6) is 0.259. The summed E-state index contributed by atoms with van der Waals surface area (Å²) in [5.41, 5.74) is 11.4. The topological polar surface area (TPSA) is 0 Å². The molecule has 7 aromatic carbocycles. The Morgan fingerprint density at radius 1 is 0.481 bits per heavy atom. The van der Waals surface area contributed by atoms with Crippen LogP contribution in [-0.2, 0) is 21.3 Å². The summed E-state index contributed by atoms with van der Waals surface area (Å²) in [6.45, 7) is 0.